The number of methoxy groups -OCH3 is 2. The third-order valence-electron chi connectivity index (χ3n) is 5.72. The van der Waals surface area contributed by atoms with Gasteiger partial charge in [-0.15, -0.1) is 0 Å². The average Bonchev–Trinajstić information content (AvgIpc) is 2.89. The lowest BCUT2D eigenvalue weighted by Gasteiger charge is -2.20. The minimum Gasteiger partial charge on any atom is -0.496 e. The number of hydrogen-bond acceptors (Lipinski definition) is 8. The maximum absolute atomic E-state index is 13.2. The van der Waals surface area contributed by atoms with Gasteiger partial charge in [0.15, 0.2) is 0 Å². The van der Waals surface area contributed by atoms with Crippen LogP contribution in [0.5, 0.6) is 11.5 Å². The molecule has 40 heavy (non-hydrogen) atoms. The lowest BCUT2D eigenvalue weighted by molar-refractivity contribution is -0.140. The van der Waals surface area contributed by atoms with Gasteiger partial charge < -0.3 is 30.3 Å². The average molecular weight is 593 g/mol. The van der Waals surface area contributed by atoms with Crippen molar-refractivity contribution in [3.63, 3.8) is 0 Å². The van der Waals surface area contributed by atoms with Crippen LogP contribution in [-0.2, 0) is 9.59 Å². The summed E-state index contributed by atoms with van der Waals surface area (Å²) in [7, 11) is 5.17. The summed E-state index contributed by atoms with van der Waals surface area (Å²) in [6.07, 6.45) is 0.520. The molecule has 2 aromatic carbocycles. The van der Waals surface area contributed by atoms with Crippen LogP contribution in [0, 0.1) is 11.8 Å². The van der Waals surface area contributed by atoms with Crippen molar-refractivity contribution in [2.75, 3.05) is 14.2 Å². The maximum atomic E-state index is 13.2. The first-order chi connectivity index (χ1) is 18.9. The molecule has 0 aliphatic rings. The fourth-order valence-electron chi connectivity index (χ4n) is 3.82. The summed E-state index contributed by atoms with van der Waals surface area (Å²) in [5, 5.41) is 24.4. The highest BCUT2D eigenvalue weighted by atomic mass is 33.1. The van der Waals surface area contributed by atoms with Gasteiger partial charge in [0.2, 0.25) is 0 Å². The molecule has 0 heterocycles. The molecule has 0 aliphatic carbocycles. The largest absolute Gasteiger partial charge is 0.496 e. The first-order valence-electron chi connectivity index (χ1n) is 12.6. The number of carboxylic acid groups (broad SMARTS) is 2. The van der Waals surface area contributed by atoms with Gasteiger partial charge >= 0.3 is 11.9 Å². The number of carbonyl (C=O) groups is 4. The topological polar surface area (TPSA) is 151 Å². The predicted molar refractivity (Wildman–Crippen MR) is 154 cm³/mol. The molecule has 0 saturated carbocycles. The number of nitrogens with one attached hydrogen (secondary N) is 2. The van der Waals surface area contributed by atoms with Gasteiger partial charge in [-0.25, -0.2) is 9.59 Å². The van der Waals surface area contributed by atoms with Gasteiger partial charge in [0.25, 0.3) is 11.8 Å². The molecule has 2 atom stereocenters. The lowest BCUT2D eigenvalue weighted by atomic mass is 10.0. The van der Waals surface area contributed by atoms with Gasteiger partial charge in [-0.1, -0.05) is 39.8 Å². The Morgan fingerprint density at radius 2 is 1.05 bits per heavy atom. The van der Waals surface area contributed by atoms with Crippen LogP contribution >= 0.6 is 21.6 Å². The third kappa shape index (κ3) is 9.09. The Morgan fingerprint density at radius 1 is 0.700 bits per heavy atom. The molecule has 0 spiro atoms. The van der Waals surface area contributed by atoms with E-state index in [1.165, 1.54) is 14.2 Å². The minimum atomic E-state index is -1.13. The molecule has 0 saturated heterocycles. The van der Waals surface area contributed by atoms with E-state index >= 15 is 0 Å². The molecule has 2 amide bonds. The third-order valence-corrected chi connectivity index (χ3v) is 8.23. The highest BCUT2D eigenvalue weighted by molar-refractivity contribution is 8.76. The highest BCUT2D eigenvalue weighted by Gasteiger charge is 2.27. The Bertz CT molecular complexity index is 1130. The Balaban J connectivity index is 2.42. The molecular formula is C28H36N2O8S2. The number of hydrogen-bond donors (Lipinski definition) is 4. The van der Waals surface area contributed by atoms with Gasteiger partial charge in [0.05, 0.1) is 35.1 Å². The number of carbonyl (C=O) groups excluding carboxylic acids is 2. The van der Waals surface area contributed by atoms with Crippen molar-refractivity contribution in [2.24, 2.45) is 11.8 Å². The minimum absolute atomic E-state index is 0.0486. The molecule has 0 bridgehead atoms. The molecule has 218 valence electrons. The van der Waals surface area contributed by atoms with Crippen LogP contribution in [0.3, 0.4) is 0 Å². The number of amides is 2. The molecule has 2 rings (SSSR count). The van der Waals surface area contributed by atoms with Crippen molar-refractivity contribution in [3.05, 3.63) is 47.5 Å². The summed E-state index contributed by atoms with van der Waals surface area (Å²) in [4.78, 5) is 50.7. The molecule has 0 fully saturated rings. The van der Waals surface area contributed by atoms with E-state index in [1.807, 2.05) is 27.7 Å². The summed E-state index contributed by atoms with van der Waals surface area (Å²) in [6.45, 7) is 7.48. The number of carboxylic acids is 2. The number of aliphatic carboxylic acids is 2. The first-order valence-corrected chi connectivity index (χ1v) is 14.8. The van der Waals surface area contributed by atoms with Crippen LogP contribution < -0.4 is 20.1 Å². The van der Waals surface area contributed by atoms with Crippen LogP contribution in [0.1, 0.15) is 61.3 Å². The van der Waals surface area contributed by atoms with Crippen LogP contribution in [0.25, 0.3) is 0 Å². The van der Waals surface area contributed by atoms with Gasteiger partial charge in [-0.05, 0) is 70.5 Å². The van der Waals surface area contributed by atoms with E-state index in [-0.39, 0.29) is 35.8 Å². The lowest BCUT2D eigenvalue weighted by Crippen LogP contribution is -2.41. The molecular weight excluding hydrogens is 556 g/mol. The summed E-state index contributed by atoms with van der Waals surface area (Å²) >= 11 is 0. The number of benzene rings is 2. The maximum Gasteiger partial charge on any atom is 0.326 e. The van der Waals surface area contributed by atoms with Gasteiger partial charge in [-0.3, -0.25) is 9.59 Å². The molecule has 10 nitrogen and oxygen atoms in total. The Morgan fingerprint density at radius 3 is 1.32 bits per heavy atom. The second-order valence-corrected chi connectivity index (χ2v) is 12.0. The van der Waals surface area contributed by atoms with Crippen molar-refractivity contribution in [2.45, 2.75) is 62.4 Å². The molecule has 2 aromatic rings. The van der Waals surface area contributed by atoms with E-state index in [0.29, 0.717) is 21.3 Å². The Hall–Kier alpha value is -3.38. The van der Waals surface area contributed by atoms with E-state index < -0.39 is 35.8 Å². The zero-order valence-corrected chi connectivity index (χ0v) is 25.0. The molecule has 0 aromatic heterocycles. The fourth-order valence-corrected chi connectivity index (χ4v) is 6.49. The predicted octanol–water partition coefficient (Wildman–Crippen LogP) is 4.96. The summed E-state index contributed by atoms with van der Waals surface area (Å²) in [5.41, 5.74) is 0.409. The van der Waals surface area contributed by atoms with Crippen molar-refractivity contribution < 1.29 is 38.9 Å². The molecule has 12 heteroatoms. The van der Waals surface area contributed by atoms with Crippen molar-refractivity contribution in [1.29, 1.82) is 0 Å². The van der Waals surface area contributed by atoms with Crippen molar-refractivity contribution in [1.82, 2.24) is 10.6 Å². The highest BCUT2D eigenvalue weighted by Crippen LogP contribution is 2.47. The van der Waals surface area contributed by atoms with Crippen LogP contribution in [0.15, 0.2) is 46.2 Å². The van der Waals surface area contributed by atoms with E-state index in [0.717, 1.165) is 21.6 Å². The van der Waals surface area contributed by atoms with Crippen LogP contribution in [0.4, 0.5) is 0 Å². The van der Waals surface area contributed by atoms with E-state index in [2.05, 4.69) is 10.6 Å². The molecule has 0 aliphatic heterocycles. The summed E-state index contributed by atoms with van der Waals surface area (Å²) in [6, 6.07) is 7.59. The molecule has 4 N–H and O–H groups in total. The van der Waals surface area contributed by atoms with Crippen molar-refractivity contribution in [3.8, 4) is 11.5 Å². The normalized spacial score (nSPS) is 12.5. The zero-order chi connectivity index (χ0) is 30.0. The SMILES string of the molecule is COc1cccc(C(=O)NC(CC(C)C)C(=O)O)c1SSc1c(OC)cccc1C(=O)NC(CC(C)C)C(=O)O. The zero-order valence-electron chi connectivity index (χ0n) is 23.3. The quantitative estimate of drug-likeness (QED) is 0.209. The van der Waals surface area contributed by atoms with Gasteiger partial charge in [0, 0.05) is 0 Å². The van der Waals surface area contributed by atoms with Gasteiger partial charge in [-0.2, -0.15) is 0 Å². The second-order valence-electron chi connectivity index (χ2n) is 9.83. The number of ether oxygens (including phenoxy) is 2. The standard InChI is InChI=1S/C28H36N2O8S2/c1-15(2)13-19(27(33)34)29-25(31)17-9-7-11-21(37-5)23(17)39-40-24-18(10-8-12-22(24)38-6)26(32)30-20(28(35)36)14-16(3)4/h7-12,15-16,19-20H,13-14H2,1-6H3,(H,29,31)(H,30,32)(H,33,34)(H,35,36). The smallest absolute Gasteiger partial charge is 0.326 e. The fraction of sp³-hybridized carbons (Fsp3) is 0.429. The van der Waals surface area contributed by atoms with E-state index in [1.54, 1.807) is 36.4 Å². The second kappa shape index (κ2) is 15.4. The number of rotatable bonds is 15. The summed E-state index contributed by atoms with van der Waals surface area (Å²) < 4.78 is 11.0. The van der Waals surface area contributed by atoms with Crippen molar-refractivity contribution >= 4 is 45.3 Å². The van der Waals surface area contributed by atoms with E-state index in [4.69, 9.17) is 9.47 Å². The van der Waals surface area contributed by atoms with Crippen LogP contribution in [0.2, 0.25) is 0 Å². The summed E-state index contributed by atoms with van der Waals surface area (Å²) in [5.74, 6) is -2.56. The Labute approximate surface area is 242 Å². The molecule has 0 radical (unpaired) electrons. The van der Waals surface area contributed by atoms with Crippen LogP contribution in [-0.4, -0.2) is 60.3 Å². The molecule has 2 unspecified atom stereocenters. The Kier molecular flexibility index (Phi) is 12.7. The first kappa shape index (κ1) is 32.8. The monoisotopic (exact) mass is 592 g/mol. The van der Waals surface area contributed by atoms with Gasteiger partial charge in [0.1, 0.15) is 23.6 Å². The van der Waals surface area contributed by atoms with E-state index in [9.17, 15) is 29.4 Å².